The highest BCUT2D eigenvalue weighted by atomic mass is 16.6. The van der Waals surface area contributed by atoms with Gasteiger partial charge in [-0.3, -0.25) is 4.98 Å². The first-order valence-corrected chi connectivity index (χ1v) is 7.19. The fourth-order valence-corrected chi connectivity index (χ4v) is 2.60. The summed E-state index contributed by atoms with van der Waals surface area (Å²) in [5, 5.41) is 0. The molecule has 2 aromatic rings. The van der Waals surface area contributed by atoms with Gasteiger partial charge in [-0.05, 0) is 24.1 Å². The number of amides is 1. The molecule has 108 valence electrons. The summed E-state index contributed by atoms with van der Waals surface area (Å²) in [7, 11) is 0. The van der Waals surface area contributed by atoms with Crippen molar-refractivity contribution in [1.82, 2.24) is 9.88 Å². The van der Waals surface area contributed by atoms with E-state index in [-0.39, 0.29) is 6.09 Å². The van der Waals surface area contributed by atoms with E-state index in [0.29, 0.717) is 19.1 Å². The summed E-state index contributed by atoms with van der Waals surface area (Å²) in [4.78, 5) is 18.2. The number of pyridine rings is 1. The molecule has 1 aliphatic rings. The van der Waals surface area contributed by atoms with Crippen LogP contribution in [0.25, 0.3) is 0 Å². The van der Waals surface area contributed by atoms with Crippen LogP contribution in [0.15, 0.2) is 54.7 Å². The van der Waals surface area contributed by atoms with Gasteiger partial charge in [-0.15, -0.1) is 0 Å². The number of aromatic nitrogens is 1. The molecule has 0 spiro atoms. The summed E-state index contributed by atoms with van der Waals surface area (Å²) in [5.74, 6) is 0.315. The third-order valence-electron chi connectivity index (χ3n) is 3.76. The predicted molar refractivity (Wildman–Crippen MR) is 79.8 cm³/mol. The summed E-state index contributed by atoms with van der Waals surface area (Å²) in [6, 6.07) is 15.6. The number of likely N-dealkylation sites (tertiary alicyclic amines) is 1. The van der Waals surface area contributed by atoms with Gasteiger partial charge in [0.2, 0.25) is 0 Å². The lowest BCUT2D eigenvalue weighted by molar-refractivity contribution is 0.104. The maximum Gasteiger partial charge on any atom is 0.410 e. The molecule has 0 bridgehead atoms. The van der Waals surface area contributed by atoms with Gasteiger partial charge in [0.15, 0.2) is 0 Å². The van der Waals surface area contributed by atoms with Gasteiger partial charge in [0.25, 0.3) is 0 Å². The molecule has 4 heteroatoms. The summed E-state index contributed by atoms with van der Waals surface area (Å²) < 4.78 is 5.36. The van der Waals surface area contributed by atoms with E-state index >= 15 is 0 Å². The SMILES string of the molecule is O=C(OCc1ccccc1)N1CCC(c2ccccn2)C1. The zero-order valence-electron chi connectivity index (χ0n) is 11.8. The molecule has 1 aliphatic heterocycles. The standard InChI is InChI=1S/C17H18N2O2/c20-17(21-13-14-6-2-1-3-7-14)19-11-9-15(12-19)16-8-4-5-10-18-16/h1-8,10,15H,9,11-13H2. The lowest BCUT2D eigenvalue weighted by Crippen LogP contribution is -2.29. The van der Waals surface area contributed by atoms with E-state index < -0.39 is 0 Å². The van der Waals surface area contributed by atoms with E-state index in [0.717, 1.165) is 24.2 Å². The Morgan fingerprint density at radius 2 is 2.00 bits per heavy atom. The molecular weight excluding hydrogens is 264 g/mol. The number of hydrogen-bond acceptors (Lipinski definition) is 3. The van der Waals surface area contributed by atoms with Crippen LogP contribution in [0.2, 0.25) is 0 Å². The van der Waals surface area contributed by atoms with Crippen molar-refractivity contribution in [3.63, 3.8) is 0 Å². The molecule has 1 amide bonds. The van der Waals surface area contributed by atoms with E-state index in [9.17, 15) is 4.79 Å². The minimum absolute atomic E-state index is 0.239. The van der Waals surface area contributed by atoms with E-state index in [1.807, 2.05) is 48.5 Å². The zero-order valence-corrected chi connectivity index (χ0v) is 11.8. The molecule has 1 aromatic heterocycles. The summed E-state index contributed by atoms with van der Waals surface area (Å²) in [6.45, 7) is 1.74. The third-order valence-corrected chi connectivity index (χ3v) is 3.76. The molecule has 3 rings (SSSR count). The highest BCUT2D eigenvalue weighted by molar-refractivity contribution is 5.68. The topological polar surface area (TPSA) is 42.4 Å². The van der Waals surface area contributed by atoms with Crippen LogP contribution in [0.3, 0.4) is 0 Å². The first-order chi connectivity index (χ1) is 10.3. The summed E-state index contributed by atoms with van der Waals surface area (Å²) in [6.07, 6.45) is 2.50. The number of nitrogens with zero attached hydrogens (tertiary/aromatic N) is 2. The third kappa shape index (κ3) is 3.40. The monoisotopic (exact) mass is 282 g/mol. The first-order valence-electron chi connectivity index (χ1n) is 7.19. The molecule has 1 aromatic carbocycles. The van der Waals surface area contributed by atoms with Crippen molar-refractivity contribution in [1.29, 1.82) is 0 Å². The lowest BCUT2D eigenvalue weighted by Gasteiger charge is -2.16. The second-order valence-electron chi connectivity index (χ2n) is 5.23. The minimum atomic E-state index is -0.239. The van der Waals surface area contributed by atoms with Crippen LogP contribution >= 0.6 is 0 Å². The second-order valence-corrected chi connectivity index (χ2v) is 5.23. The van der Waals surface area contributed by atoms with Gasteiger partial charge < -0.3 is 9.64 Å². The number of carbonyl (C=O) groups is 1. The van der Waals surface area contributed by atoms with Crippen molar-refractivity contribution < 1.29 is 9.53 Å². The lowest BCUT2D eigenvalue weighted by atomic mass is 10.0. The first kappa shape index (κ1) is 13.6. The molecule has 1 atom stereocenters. The minimum Gasteiger partial charge on any atom is -0.445 e. The van der Waals surface area contributed by atoms with Gasteiger partial charge in [0.1, 0.15) is 6.61 Å². The number of ether oxygens (including phenoxy) is 1. The van der Waals surface area contributed by atoms with Gasteiger partial charge in [0.05, 0.1) is 0 Å². The Morgan fingerprint density at radius 3 is 2.76 bits per heavy atom. The number of hydrogen-bond donors (Lipinski definition) is 0. The van der Waals surface area contributed by atoms with E-state index in [1.165, 1.54) is 0 Å². The Morgan fingerprint density at radius 1 is 1.19 bits per heavy atom. The normalized spacial score (nSPS) is 17.7. The zero-order chi connectivity index (χ0) is 14.5. The Balaban J connectivity index is 1.53. The molecule has 0 N–H and O–H groups in total. The average molecular weight is 282 g/mol. The number of benzene rings is 1. The van der Waals surface area contributed by atoms with E-state index in [1.54, 1.807) is 11.1 Å². The van der Waals surface area contributed by atoms with Crippen LogP contribution in [-0.2, 0) is 11.3 Å². The Labute approximate surface area is 124 Å². The Kier molecular flexibility index (Phi) is 4.15. The van der Waals surface area contributed by atoms with Gasteiger partial charge in [-0.2, -0.15) is 0 Å². The van der Waals surface area contributed by atoms with Crippen molar-refractivity contribution in [3.05, 3.63) is 66.0 Å². The average Bonchev–Trinajstić information content (AvgIpc) is 3.04. The van der Waals surface area contributed by atoms with Crippen LogP contribution in [0.1, 0.15) is 23.6 Å². The fourth-order valence-electron chi connectivity index (χ4n) is 2.60. The van der Waals surface area contributed by atoms with Crippen LogP contribution in [0.4, 0.5) is 4.79 Å². The highest BCUT2D eigenvalue weighted by Crippen LogP contribution is 2.25. The molecule has 2 heterocycles. The quantitative estimate of drug-likeness (QED) is 0.868. The molecule has 1 fully saturated rings. The molecule has 21 heavy (non-hydrogen) atoms. The Bertz CT molecular complexity index is 586. The maximum absolute atomic E-state index is 12.1. The van der Waals surface area contributed by atoms with Crippen LogP contribution in [0.5, 0.6) is 0 Å². The molecule has 0 saturated carbocycles. The van der Waals surface area contributed by atoms with E-state index in [2.05, 4.69) is 4.98 Å². The molecule has 4 nitrogen and oxygen atoms in total. The van der Waals surface area contributed by atoms with Crippen LogP contribution in [0, 0.1) is 0 Å². The van der Waals surface area contributed by atoms with Gasteiger partial charge in [-0.25, -0.2) is 4.79 Å². The fraction of sp³-hybridized carbons (Fsp3) is 0.294. The van der Waals surface area contributed by atoms with Crippen molar-refractivity contribution in [2.24, 2.45) is 0 Å². The number of rotatable bonds is 3. The van der Waals surface area contributed by atoms with Gasteiger partial charge >= 0.3 is 6.09 Å². The molecular formula is C17H18N2O2. The smallest absolute Gasteiger partial charge is 0.410 e. The van der Waals surface area contributed by atoms with Crippen molar-refractivity contribution >= 4 is 6.09 Å². The highest BCUT2D eigenvalue weighted by Gasteiger charge is 2.28. The molecule has 1 unspecified atom stereocenters. The van der Waals surface area contributed by atoms with Crippen molar-refractivity contribution in [2.75, 3.05) is 13.1 Å². The second kappa shape index (κ2) is 6.39. The number of carbonyl (C=O) groups excluding carboxylic acids is 1. The van der Waals surface area contributed by atoms with Crippen LogP contribution in [-0.4, -0.2) is 29.1 Å². The summed E-state index contributed by atoms with van der Waals surface area (Å²) in [5.41, 5.74) is 2.06. The molecule has 1 saturated heterocycles. The van der Waals surface area contributed by atoms with Crippen LogP contribution < -0.4 is 0 Å². The van der Waals surface area contributed by atoms with Crippen molar-refractivity contribution in [2.45, 2.75) is 18.9 Å². The van der Waals surface area contributed by atoms with E-state index in [4.69, 9.17) is 4.74 Å². The predicted octanol–water partition coefficient (Wildman–Crippen LogP) is 3.21. The molecule has 0 aliphatic carbocycles. The van der Waals surface area contributed by atoms with Gasteiger partial charge in [0, 0.05) is 30.9 Å². The molecule has 0 radical (unpaired) electrons. The van der Waals surface area contributed by atoms with Gasteiger partial charge in [-0.1, -0.05) is 36.4 Å². The Hall–Kier alpha value is -2.36. The summed E-state index contributed by atoms with van der Waals surface area (Å²) >= 11 is 0. The largest absolute Gasteiger partial charge is 0.445 e. The maximum atomic E-state index is 12.1. The van der Waals surface area contributed by atoms with Crippen molar-refractivity contribution in [3.8, 4) is 0 Å².